The first-order valence-electron chi connectivity index (χ1n) is 6.72. The van der Waals surface area contributed by atoms with Crippen LogP contribution in [0.3, 0.4) is 0 Å². The van der Waals surface area contributed by atoms with Crippen LogP contribution in [-0.4, -0.2) is 17.7 Å². The van der Waals surface area contributed by atoms with Crippen molar-refractivity contribution >= 4 is 10.8 Å². The summed E-state index contributed by atoms with van der Waals surface area (Å²) in [6.45, 7) is 3.96. The first-order valence-corrected chi connectivity index (χ1v) is 6.72. The molecule has 0 saturated heterocycles. The molecular formula is C15H20N2O2. The average molecular weight is 260 g/mol. The lowest BCUT2D eigenvalue weighted by Gasteiger charge is -2.08. The van der Waals surface area contributed by atoms with Gasteiger partial charge in [0.15, 0.2) is 0 Å². The molecule has 0 atom stereocenters. The highest BCUT2D eigenvalue weighted by atomic mass is 16.5. The van der Waals surface area contributed by atoms with E-state index in [9.17, 15) is 4.79 Å². The third-order valence-corrected chi connectivity index (χ3v) is 3.11. The van der Waals surface area contributed by atoms with Crippen molar-refractivity contribution in [3.63, 3.8) is 0 Å². The minimum absolute atomic E-state index is 0.0533. The highest BCUT2D eigenvalue weighted by Gasteiger charge is 2.04. The molecule has 0 amide bonds. The Bertz CT molecular complexity index is 605. The van der Waals surface area contributed by atoms with E-state index in [2.05, 4.69) is 0 Å². The number of nitrogens with zero attached hydrogens (tertiary/aromatic N) is 1. The predicted molar refractivity (Wildman–Crippen MR) is 77.7 cm³/mol. The zero-order valence-corrected chi connectivity index (χ0v) is 11.3. The summed E-state index contributed by atoms with van der Waals surface area (Å²) in [7, 11) is 0. The number of ether oxygens (including phenoxy) is 1. The summed E-state index contributed by atoms with van der Waals surface area (Å²) in [4.78, 5) is 12.3. The molecule has 0 aliphatic heterocycles. The Morgan fingerprint density at radius 3 is 2.84 bits per heavy atom. The van der Waals surface area contributed by atoms with E-state index < -0.39 is 0 Å². The van der Waals surface area contributed by atoms with Gasteiger partial charge in [-0.1, -0.05) is 0 Å². The number of benzene rings is 1. The molecule has 0 radical (unpaired) electrons. The predicted octanol–water partition coefficient (Wildman–Crippen LogP) is 2.14. The Hall–Kier alpha value is -1.81. The SMILES string of the molecule is CCOc1ccc2c(=O)n(CCCCN)ccc2c1. The lowest BCUT2D eigenvalue weighted by molar-refractivity contribution is 0.340. The van der Waals surface area contributed by atoms with E-state index in [0.717, 1.165) is 35.9 Å². The second kappa shape index (κ2) is 6.38. The van der Waals surface area contributed by atoms with Crippen molar-refractivity contribution in [3.8, 4) is 5.75 Å². The van der Waals surface area contributed by atoms with Crippen LogP contribution in [0.2, 0.25) is 0 Å². The lowest BCUT2D eigenvalue weighted by Crippen LogP contribution is -2.19. The number of pyridine rings is 1. The van der Waals surface area contributed by atoms with Gasteiger partial charge in [0.05, 0.1) is 6.61 Å². The van der Waals surface area contributed by atoms with Crippen LogP contribution in [0.25, 0.3) is 10.8 Å². The highest BCUT2D eigenvalue weighted by molar-refractivity contribution is 5.82. The summed E-state index contributed by atoms with van der Waals surface area (Å²) in [6.07, 6.45) is 3.71. The van der Waals surface area contributed by atoms with Crippen molar-refractivity contribution in [2.45, 2.75) is 26.3 Å². The summed E-state index contributed by atoms with van der Waals surface area (Å²) >= 11 is 0. The van der Waals surface area contributed by atoms with Crippen LogP contribution >= 0.6 is 0 Å². The van der Waals surface area contributed by atoms with Gasteiger partial charge >= 0.3 is 0 Å². The molecule has 1 aromatic heterocycles. The zero-order chi connectivity index (χ0) is 13.7. The molecule has 19 heavy (non-hydrogen) atoms. The van der Waals surface area contributed by atoms with Crippen LogP contribution in [0.5, 0.6) is 5.75 Å². The van der Waals surface area contributed by atoms with Crippen molar-refractivity contribution < 1.29 is 4.74 Å². The van der Waals surface area contributed by atoms with Crippen LogP contribution in [0.4, 0.5) is 0 Å². The molecule has 1 heterocycles. The number of rotatable bonds is 6. The fourth-order valence-electron chi connectivity index (χ4n) is 2.13. The van der Waals surface area contributed by atoms with Crippen molar-refractivity contribution in [1.29, 1.82) is 0 Å². The van der Waals surface area contributed by atoms with Gasteiger partial charge in [0, 0.05) is 18.1 Å². The van der Waals surface area contributed by atoms with Gasteiger partial charge in [-0.2, -0.15) is 0 Å². The molecule has 4 nitrogen and oxygen atoms in total. The Morgan fingerprint density at radius 1 is 1.26 bits per heavy atom. The number of unbranched alkanes of at least 4 members (excludes halogenated alkanes) is 1. The van der Waals surface area contributed by atoms with Gasteiger partial charge in [0.1, 0.15) is 5.75 Å². The fraction of sp³-hybridized carbons (Fsp3) is 0.400. The van der Waals surface area contributed by atoms with Gasteiger partial charge in [0.25, 0.3) is 5.56 Å². The monoisotopic (exact) mass is 260 g/mol. The third-order valence-electron chi connectivity index (χ3n) is 3.11. The third kappa shape index (κ3) is 3.15. The van der Waals surface area contributed by atoms with Gasteiger partial charge < -0.3 is 15.0 Å². The maximum absolute atomic E-state index is 12.3. The molecule has 0 aliphatic carbocycles. The van der Waals surface area contributed by atoms with Gasteiger partial charge in [-0.05, 0) is 56.0 Å². The van der Waals surface area contributed by atoms with E-state index in [1.807, 2.05) is 37.4 Å². The van der Waals surface area contributed by atoms with E-state index in [4.69, 9.17) is 10.5 Å². The summed E-state index contributed by atoms with van der Waals surface area (Å²) in [5.74, 6) is 0.801. The number of nitrogens with two attached hydrogens (primary N) is 1. The number of aryl methyl sites for hydroxylation is 1. The Balaban J connectivity index is 2.31. The number of hydrogen-bond acceptors (Lipinski definition) is 3. The van der Waals surface area contributed by atoms with E-state index in [0.29, 0.717) is 13.2 Å². The normalized spacial score (nSPS) is 10.8. The molecule has 4 heteroatoms. The maximum atomic E-state index is 12.3. The van der Waals surface area contributed by atoms with Crippen LogP contribution in [0, 0.1) is 0 Å². The minimum Gasteiger partial charge on any atom is -0.494 e. The Kier molecular flexibility index (Phi) is 4.58. The van der Waals surface area contributed by atoms with Crippen LogP contribution in [0.15, 0.2) is 35.3 Å². The molecule has 1 aromatic carbocycles. The van der Waals surface area contributed by atoms with Crippen molar-refractivity contribution in [2.24, 2.45) is 5.73 Å². The highest BCUT2D eigenvalue weighted by Crippen LogP contribution is 2.18. The molecule has 2 N–H and O–H groups in total. The van der Waals surface area contributed by atoms with Crippen LogP contribution in [-0.2, 0) is 6.54 Å². The van der Waals surface area contributed by atoms with Crippen molar-refractivity contribution in [3.05, 3.63) is 40.8 Å². The molecule has 0 bridgehead atoms. The van der Waals surface area contributed by atoms with Gasteiger partial charge in [-0.3, -0.25) is 4.79 Å². The summed E-state index contributed by atoms with van der Waals surface area (Å²) in [5.41, 5.74) is 5.52. The topological polar surface area (TPSA) is 57.2 Å². The molecule has 2 rings (SSSR count). The van der Waals surface area contributed by atoms with Crippen LogP contribution < -0.4 is 16.0 Å². The van der Waals surface area contributed by atoms with Gasteiger partial charge in [0.2, 0.25) is 0 Å². The van der Waals surface area contributed by atoms with Gasteiger partial charge in [-0.15, -0.1) is 0 Å². The molecule has 0 spiro atoms. The Morgan fingerprint density at radius 2 is 2.11 bits per heavy atom. The average Bonchev–Trinajstić information content (AvgIpc) is 2.42. The van der Waals surface area contributed by atoms with E-state index >= 15 is 0 Å². The molecule has 0 saturated carbocycles. The summed E-state index contributed by atoms with van der Waals surface area (Å²) < 4.78 is 7.19. The smallest absolute Gasteiger partial charge is 0.258 e. The van der Waals surface area contributed by atoms with Crippen molar-refractivity contribution in [2.75, 3.05) is 13.2 Å². The largest absolute Gasteiger partial charge is 0.494 e. The van der Waals surface area contributed by atoms with Crippen molar-refractivity contribution in [1.82, 2.24) is 4.57 Å². The molecule has 0 aliphatic rings. The molecule has 0 fully saturated rings. The molecule has 2 aromatic rings. The fourth-order valence-corrected chi connectivity index (χ4v) is 2.13. The minimum atomic E-state index is 0.0533. The van der Waals surface area contributed by atoms with Gasteiger partial charge in [-0.25, -0.2) is 0 Å². The number of hydrogen-bond donors (Lipinski definition) is 1. The number of fused-ring (bicyclic) bond motifs is 1. The molecular weight excluding hydrogens is 240 g/mol. The summed E-state index contributed by atoms with van der Waals surface area (Å²) in [5, 5.41) is 1.66. The quantitative estimate of drug-likeness (QED) is 0.810. The zero-order valence-electron chi connectivity index (χ0n) is 11.3. The first-order chi connectivity index (χ1) is 9.26. The lowest BCUT2D eigenvalue weighted by atomic mass is 10.1. The maximum Gasteiger partial charge on any atom is 0.258 e. The standard InChI is InChI=1S/C15H20N2O2/c1-2-19-13-5-6-14-12(11-13)7-10-17(15(14)18)9-4-3-8-16/h5-7,10-11H,2-4,8-9,16H2,1H3. The first kappa shape index (κ1) is 13.6. The van der Waals surface area contributed by atoms with E-state index in [-0.39, 0.29) is 5.56 Å². The second-order valence-corrected chi connectivity index (χ2v) is 4.49. The summed E-state index contributed by atoms with van der Waals surface area (Å²) in [6, 6.07) is 7.55. The van der Waals surface area contributed by atoms with E-state index in [1.165, 1.54) is 0 Å². The Labute approximate surface area is 112 Å². The molecule has 0 unspecified atom stereocenters. The molecule has 102 valence electrons. The van der Waals surface area contributed by atoms with E-state index in [1.54, 1.807) is 4.57 Å². The second-order valence-electron chi connectivity index (χ2n) is 4.49. The van der Waals surface area contributed by atoms with Crippen LogP contribution in [0.1, 0.15) is 19.8 Å². The number of aromatic nitrogens is 1.